The molecule has 0 saturated carbocycles. The van der Waals surface area contributed by atoms with Crippen molar-refractivity contribution < 1.29 is 19.4 Å². The largest absolute Gasteiger partial charge is 0.497 e. The molecule has 12 heteroatoms. The predicted octanol–water partition coefficient (Wildman–Crippen LogP) is 3.33. The number of thiophene rings is 1. The zero-order valence-corrected chi connectivity index (χ0v) is 22.9. The molecule has 202 valence electrons. The first kappa shape index (κ1) is 28.6. The third-order valence-electron chi connectivity index (χ3n) is 6.20. The number of carboxylic acids is 1. The number of hydrogen-bond donors (Lipinski definition) is 1. The molecular formula is C26H31N5O6S. The van der Waals surface area contributed by atoms with E-state index in [1.807, 2.05) is 19.1 Å². The highest BCUT2D eigenvalue weighted by atomic mass is 32.1. The van der Waals surface area contributed by atoms with Crippen LogP contribution in [0, 0.1) is 18.3 Å². The summed E-state index contributed by atoms with van der Waals surface area (Å²) in [5.41, 5.74) is -2.18. The van der Waals surface area contributed by atoms with Gasteiger partial charge in [0.1, 0.15) is 27.2 Å². The lowest BCUT2D eigenvalue weighted by atomic mass is 10.0. The SMILES string of the molecule is C=C(OC)/C(=C\CC)[C@H](Cn1c(=O)n(C(C)(C)C(=O)O)c(=O)c2c(C)c(-n3cccn3)sc21)OCCC#N. The third-order valence-corrected chi connectivity index (χ3v) is 7.51. The van der Waals surface area contributed by atoms with Gasteiger partial charge in [0.15, 0.2) is 0 Å². The van der Waals surface area contributed by atoms with E-state index in [-0.39, 0.29) is 25.0 Å². The molecule has 0 unspecified atom stereocenters. The number of allylic oxidation sites excluding steroid dienone is 1. The molecule has 3 heterocycles. The highest BCUT2D eigenvalue weighted by Crippen LogP contribution is 2.32. The second kappa shape index (κ2) is 11.6. The number of nitriles is 1. The van der Waals surface area contributed by atoms with Crippen molar-refractivity contribution in [2.75, 3.05) is 13.7 Å². The molecule has 0 fully saturated rings. The Kier molecular flexibility index (Phi) is 8.75. The first-order valence-corrected chi connectivity index (χ1v) is 12.8. The lowest BCUT2D eigenvalue weighted by molar-refractivity contribution is -0.146. The van der Waals surface area contributed by atoms with Crippen molar-refractivity contribution in [1.29, 1.82) is 5.26 Å². The Labute approximate surface area is 223 Å². The van der Waals surface area contributed by atoms with Crippen LogP contribution in [0.4, 0.5) is 0 Å². The number of fused-ring (bicyclic) bond motifs is 1. The summed E-state index contributed by atoms with van der Waals surface area (Å²) in [6.45, 7) is 10.2. The van der Waals surface area contributed by atoms with E-state index < -0.39 is 28.9 Å². The fraction of sp³-hybridized carbons (Fsp3) is 0.423. The number of aromatic nitrogens is 4. The van der Waals surface area contributed by atoms with Crippen LogP contribution < -0.4 is 11.2 Å². The van der Waals surface area contributed by atoms with E-state index in [1.165, 1.54) is 36.9 Å². The van der Waals surface area contributed by atoms with Gasteiger partial charge < -0.3 is 14.6 Å². The molecule has 1 atom stereocenters. The molecular weight excluding hydrogens is 510 g/mol. The van der Waals surface area contributed by atoms with Crippen molar-refractivity contribution in [1.82, 2.24) is 18.9 Å². The van der Waals surface area contributed by atoms with E-state index in [0.29, 0.717) is 33.1 Å². The second-order valence-electron chi connectivity index (χ2n) is 9.02. The van der Waals surface area contributed by atoms with Crippen LogP contribution in [0.5, 0.6) is 0 Å². The Morgan fingerprint density at radius 2 is 2.11 bits per heavy atom. The average molecular weight is 542 g/mol. The van der Waals surface area contributed by atoms with Gasteiger partial charge >= 0.3 is 11.7 Å². The first-order valence-electron chi connectivity index (χ1n) is 12.0. The zero-order valence-electron chi connectivity index (χ0n) is 22.1. The number of carbonyl (C=O) groups is 1. The number of ether oxygens (including phenoxy) is 2. The van der Waals surface area contributed by atoms with Gasteiger partial charge in [-0.15, -0.1) is 0 Å². The van der Waals surface area contributed by atoms with Crippen LogP contribution in [-0.4, -0.2) is 49.8 Å². The van der Waals surface area contributed by atoms with E-state index in [0.717, 1.165) is 4.57 Å². The second-order valence-corrected chi connectivity index (χ2v) is 10.0. The number of hydrogen-bond acceptors (Lipinski definition) is 8. The molecule has 11 nitrogen and oxygen atoms in total. The van der Waals surface area contributed by atoms with Crippen molar-refractivity contribution in [2.24, 2.45) is 0 Å². The van der Waals surface area contributed by atoms with Gasteiger partial charge in [-0.2, -0.15) is 10.4 Å². The summed E-state index contributed by atoms with van der Waals surface area (Å²) in [5, 5.41) is 24.1. The molecule has 0 aromatic carbocycles. The third kappa shape index (κ3) is 5.20. The van der Waals surface area contributed by atoms with Gasteiger partial charge in [-0.05, 0) is 33.3 Å². The minimum Gasteiger partial charge on any atom is -0.497 e. The lowest BCUT2D eigenvalue weighted by Crippen LogP contribution is -2.53. The van der Waals surface area contributed by atoms with Gasteiger partial charge in [-0.25, -0.2) is 18.8 Å². The van der Waals surface area contributed by atoms with E-state index in [2.05, 4.69) is 11.7 Å². The molecule has 0 aliphatic heterocycles. The van der Waals surface area contributed by atoms with E-state index in [4.69, 9.17) is 14.7 Å². The van der Waals surface area contributed by atoms with Gasteiger partial charge in [0.05, 0.1) is 38.1 Å². The van der Waals surface area contributed by atoms with Crippen molar-refractivity contribution in [3.63, 3.8) is 0 Å². The summed E-state index contributed by atoms with van der Waals surface area (Å²) in [6, 6.07) is 3.77. The van der Waals surface area contributed by atoms with Crippen LogP contribution in [0.3, 0.4) is 0 Å². The predicted molar refractivity (Wildman–Crippen MR) is 144 cm³/mol. The van der Waals surface area contributed by atoms with Crippen molar-refractivity contribution >= 4 is 27.5 Å². The van der Waals surface area contributed by atoms with E-state index >= 15 is 0 Å². The Morgan fingerprint density at radius 1 is 1.39 bits per heavy atom. The Morgan fingerprint density at radius 3 is 2.66 bits per heavy atom. The number of aliphatic carboxylic acids is 1. The van der Waals surface area contributed by atoms with E-state index in [1.54, 1.807) is 30.1 Å². The zero-order chi connectivity index (χ0) is 28.2. The summed E-state index contributed by atoms with van der Waals surface area (Å²) < 4.78 is 15.1. The van der Waals surface area contributed by atoms with E-state index in [9.17, 15) is 19.5 Å². The van der Waals surface area contributed by atoms with Crippen LogP contribution in [-0.2, 0) is 26.4 Å². The molecule has 38 heavy (non-hydrogen) atoms. The van der Waals surface area contributed by atoms with Crippen LogP contribution >= 0.6 is 11.3 Å². The molecule has 0 amide bonds. The Hall–Kier alpha value is -3.95. The van der Waals surface area contributed by atoms with Crippen LogP contribution in [0.15, 0.2) is 52.0 Å². The normalized spacial score (nSPS) is 12.9. The maximum Gasteiger partial charge on any atom is 0.333 e. The summed E-state index contributed by atoms with van der Waals surface area (Å²) in [4.78, 5) is 40.1. The van der Waals surface area contributed by atoms with Crippen LogP contribution in [0.2, 0.25) is 0 Å². The minimum atomic E-state index is -1.83. The molecule has 0 aliphatic carbocycles. The number of rotatable bonds is 12. The molecule has 3 aromatic rings. The molecule has 0 aliphatic rings. The molecule has 0 saturated heterocycles. The van der Waals surface area contributed by atoms with Gasteiger partial charge in [-0.3, -0.25) is 9.36 Å². The number of carboxylic acid groups (broad SMARTS) is 1. The molecule has 0 spiro atoms. The monoisotopic (exact) mass is 541 g/mol. The van der Waals surface area contributed by atoms with Gasteiger partial charge in [0.25, 0.3) is 5.56 Å². The summed E-state index contributed by atoms with van der Waals surface area (Å²) in [5.74, 6) is -0.999. The summed E-state index contributed by atoms with van der Waals surface area (Å²) in [7, 11) is 1.47. The molecule has 1 N–H and O–H groups in total. The standard InChI is InChI=1S/C26H31N5O6S/c1-7-10-18(17(3)36-6)19(37-14-8-11-27)15-29-23-20(16(2)22(38-23)30-13-9-12-28-30)21(32)31(25(29)35)26(4,5)24(33)34/h9-10,12-13,19H,3,7-8,14-15H2,1-2,4-6H3,(H,33,34)/b18-10+/t19-/m0/s1. The van der Waals surface area contributed by atoms with Gasteiger partial charge in [-0.1, -0.05) is 30.9 Å². The fourth-order valence-electron chi connectivity index (χ4n) is 4.11. The van der Waals surface area contributed by atoms with Gasteiger partial charge in [0, 0.05) is 23.5 Å². The van der Waals surface area contributed by atoms with Crippen molar-refractivity contribution in [3.8, 4) is 11.1 Å². The topological polar surface area (TPSA) is 141 Å². The summed E-state index contributed by atoms with van der Waals surface area (Å²) in [6.07, 6.45) is 5.14. The average Bonchev–Trinajstić information content (AvgIpc) is 3.51. The van der Waals surface area contributed by atoms with Crippen LogP contribution in [0.1, 0.15) is 39.2 Å². The van der Waals surface area contributed by atoms with Gasteiger partial charge in [0.2, 0.25) is 0 Å². The molecule has 0 radical (unpaired) electrons. The number of nitrogens with zero attached hydrogens (tertiary/aromatic N) is 5. The quantitative estimate of drug-likeness (QED) is 0.209. The Balaban J connectivity index is 2.38. The maximum absolute atomic E-state index is 13.9. The summed E-state index contributed by atoms with van der Waals surface area (Å²) >= 11 is 1.20. The molecule has 3 aromatic heterocycles. The number of methoxy groups -OCH3 is 1. The lowest BCUT2D eigenvalue weighted by Gasteiger charge is -2.26. The first-order chi connectivity index (χ1) is 18.0. The molecule has 3 rings (SSSR count). The number of aryl methyl sites for hydroxylation is 1. The smallest absolute Gasteiger partial charge is 0.333 e. The minimum absolute atomic E-state index is 0.0799. The molecule has 0 bridgehead atoms. The maximum atomic E-state index is 13.9. The van der Waals surface area contributed by atoms with Crippen molar-refractivity contribution in [2.45, 2.75) is 58.7 Å². The fourth-order valence-corrected chi connectivity index (χ4v) is 5.35. The highest BCUT2D eigenvalue weighted by Gasteiger charge is 2.36. The highest BCUT2D eigenvalue weighted by molar-refractivity contribution is 7.21. The Bertz CT molecular complexity index is 1530. The van der Waals surface area contributed by atoms with Crippen LogP contribution in [0.25, 0.3) is 15.2 Å². The van der Waals surface area contributed by atoms with Crippen molar-refractivity contribution in [3.05, 3.63) is 68.8 Å².